The molecule has 0 atom stereocenters. The fraction of sp³-hybridized carbons (Fsp3) is 0.583. The van der Waals surface area contributed by atoms with E-state index in [0.717, 1.165) is 17.2 Å². The summed E-state index contributed by atoms with van der Waals surface area (Å²) in [4.78, 5) is 4.22. The zero-order valence-electron chi connectivity index (χ0n) is 10.4. The van der Waals surface area contributed by atoms with Crippen LogP contribution < -0.4 is 5.73 Å². The molecule has 2 N–H and O–H groups in total. The fourth-order valence-corrected chi connectivity index (χ4v) is 2.13. The molecule has 0 radical (unpaired) electrons. The summed E-state index contributed by atoms with van der Waals surface area (Å²) < 4.78 is 10.9. The predicted octanol–water partition coefficient (Wildman–Crippen LogP) is 2.55. The van der Waals surface area contributed by atoms with Crippen molar-refractivity contribution in [3.8, 4) is 0 Å². The third kappa shape index (κ3) is 5.91. The van der Waals surface area contributed by atoms with Crippen LogP contribution in [0.1, 0.15) is 20.3 Å². The smallest absolute Gasteiger partial charge is 0.158 e. The van der Waals surface area contributed by atoms with Gasteiger partial charge in [-0.25, -0.2) is 4.98 Å². The Bertz CT molecular complexity index is 300. The van der Waals surface area contributed by atoms with Gasteiger partial charge in [-0.3, -0.25) is 0 Å². The van der Waals surface area contributed by atoms with Gasteiger partial charge in [-0.1, -0.05) is 0 Å². The van der Waals surface area contributed by atoms with Crippen molar-refractivity contribution in [2.45, 2.75) is 31.6 Å². The number of thioether (sulfide) groups is 1. The Morgan fingerprint density at radius 1 is 1.29 bits per heavy atom. The van der Waals surface area contributed by atoms with Crippen molar-refractivity contribution in [1.29, 1.82) is 0 Å². The molecule has 96 valence electrons. The number of aromatic nitrogens is 1. The van der Waals surface area contributed by atoms with Crippen molar-refractivity contribution in [2.24, 2.45) is 0 Å². The van der Waals surface area contributed by atoms with Gasteiger partial charge in [0.25, 0.3) is 0 Å². The number of nitrogen functional groups attached to an aromatic ring is 1. The minimum Gasteiger partial charge on any atom is -0.397 e. The van der Waals surface area contributed by atoms with Crippen LogP contribution in [0.4, 0.5) is 5.69 Å². The SMILES string of the molecule is CCOC(CCSc1ccc(N)cn1)OCC. The third-order valence-corrected chi connectivity index (χ3v) is 3.04. The topological polar surface area (TPSA) is 57.4 Å². The summed E-state index contributed by atoms with van der Waals surface area (Å²) in [6.45, 7) is 5.30. The Kier molecular flexibility index (Phi) is 7.00. The Morgan fingerprint density at radius 2 is 2.00 bits per heavy atom. The van der Waals surface area contributed by atoms with Crippen LogP contribution in [-0.4, -0.2) is 30.2 Å². The van der Waals surface area contributed by atoms with E-state index in [0.29, 0.717) is 18.9 Å². The maximum atomic E-state index is 5.57. The van der Waals surface area contributed by atoms with Crippen LogP contribution in [0.2, 0.25) is 0 Å². The molecular weight excluding hydrogens is 236 g/mol. The third-order valence-electron chi connectivity index (χ3n) is 2.07. The minimum atomic E-state index is -0.105. The Morgan fingerprint density at radius 3 is 2.53 bits per heavy atom. The number of nitrogens with zero attached hydrogens (tertiary/aromatic N) is 1. The summed E-state index contributed by atoms with van der Waals surface area (Å²) >= 11 is 1.68. The van der Waals surface area contributed by atoms with Gasteiger partial charge in [0.2, 0.25) is 0 Å². The van der Waals surface area contributed by atoms with Crippen LogP contribution in [0, 0.1) is 0 Å². The van der Waals surface area contributed by atoms with Crippen LogP contribution in [0.15, 0.2) is 23.4 Å². The first-order valence-electron chi connectivity index (χ1n) is 5.83. The molecule has 0 aliphatic carbocycles. The van der Waals surface area contributed by atoms with Gasteiger partial charge in [0.15, 0.2) is 6.29 Å². The summed E-state index contributed by atoms with van der Waals surface area (Å²) in [6, 6.07) is 3.79. The van der Waals surface area contributed by atoms with Gasteiger partial charge in [0, 0.05) is 25.4 Å². The molecule has 0 fully saturated rings. The number of ether oxygens (including phenoxy) is 2. The van der Waals surface area contributed by atoms with Crippen LogP contribution in [0.3, 0.4) is 0 Å². The molecule has 0 aliphatic rings. The highest BCUT2D eigenvalue weighted by molar-refractivity contribution is 7.99. The van der Waals surface area contributed by atoms with Crippen molar-refractivity contribution in [3.63, 3.8) is 0 Å². The number of anilines is 1. The summed E-state index contributed by atoms with van der Waals surface area (Å²) in [5, 5.41) is 0.978. The number of nitrogens with two attached hydrogens (primary N) is 1. The average Bonchev–Trinajstić information content (AvgIpc) is 2.32. The lowest BCUT2D eigenvalue weighted by atomic mass is 10.4. The second kappa shape index (κ2) is 8.33. The Hall–Kier alpha value is -0.780. The maximum absolute atomic E-state index is 5.57. The summed E-state index contributed by atoms with van der Waals surface area (Å²) in [6.07, 6.45) is 2.43. The average molecular weight is 256 g/mol. The minimum absolute atomic E-state index is 0.105. The van der Waals surface area contributed by atoms with E-state index in [4.69, 9.17) is 15.2 Å². The maximum Gasteiger partial charge on any atom is 0.158 e. The fourth-order valence-electron chi connectivity index (χ4n) is 1.32. The summed E-state index contributed by atoms with van der Waals surface area (Å²) in [5.74, 6) is 0.918. The zero-order valence-corrected chi connectivity index (χ0v) is 11.2. The largest absolute Gasteiger partial charge is 0.397 e. The highest BCUT2D eigenvalue weighted by atomic mass is 32.2. The molecule has 0 saturated carbocycles. The van der Waals surface area contributed by atoms with Crippen molar-refractivity contribution in [2.75, 3.05) is 24.7 Å². The van der Waals surface area contributed by atoms with Crippen molar-refractivity contribution >= 4 is 17.4 Å². The molecule has 0 aromatic carbocycles. The van der Waals surface area contributed by atoms with E-state index in [-0.39, 0.29) is 6.29 Å². The zero-order chi connectivity index (χ0) is 12.5. The van der Waals surface area contributed by atoms with Gasteiger partial charge in [0.1, 0.15) is 0 Å². The molecule has 1 heterocycles. The van der Waals surface area contributed by atoms with Gasteiger partial charge in [-0.05, 0) is 26.0 Å². The second-order valence-corrected chi connectivity index (χ2v) is 4.52. The molecule has 0 saturated heterocycles. The van der Waals surface area contributed by atoms with E-state index < -0.39 is 0 Å². The van der Waals surface area contributed by atoms with Crippen molar-refractivity contribution in [1.82, 2.24) is 4.98 Å². The standard InChI is InChI=1S/C12H20N2O2S/c1-3-15-12(16-4-2)7-8-17-11-6-5-10(13)9-14-11/h5-6,9,12H,3-4,7-8,13H2,1-2H3. The van der Waals surface area contributed by atoms with Gasteiger partial charge in [-0.2, -0.15) is 0 Å². The predicted molar refractivity (Wildman–Crippen MR) is 71.0 cm³/mol. The quantitative estimate of drug-likeness (QED) is 0.572. The highest BCUT2D eigenvalue weighted by Crippen LogP contribution is 2.18. The normalized spacial score (nSPS) is 11.0. The van der Waals surface area contributed by atoms with E-state index in [1.807, 2.05) is 26.0 Å². The number of pyridine rings is 1. The molecule has 1 aromatic heterocycles. The molecule has 5 heteroatoms. The molecule has 0 spiro atoms. The molecule has 4 nitrogen and oxygen atoms in total. The van der Waals surface area contributed by atoms with Crippen LogP contribution in [0.5, 0.6) is 0 Å². The van der Waals surface area contributed by atoms with E-state index >= 15 is 0 Å². The van der Waals surface area contributed by atoms with Crippen LogP contribution >= 0.6 is 11.8 Å². The first-order valence-corrected chi connectivity index (χ1v) is 6.82. The van der Waals surface area contributed by atoms with Gasteiger partial charge in [0.05, 0.1) is 16.9 Å². The van der Waals surface area contributed by atoms with Crippen LogP contribution in [-0.2, 0) is 9.47 Å². The molecule has 1 rings (SSSR count). The lowest BCUT2D eigenvalue weighted by Gasteiger charge is -2.16. The number of hydrogen-bond donors (Lipinski definition) is 1. The molecule has 17 heavy (non-hydrogen) atoms. The Labute approximate surface area is 107 Å². The second-order valence-electron chi connectivity index (χ2n) is 3.41. The first-order chi connectivity index (χ1) is 8.26. The van der Waals surface area contributed by atoms with Gasteiger partial charge >= 0.3 is 0 Å². The van der Waals surface area contributed by atoms with E-state index in [9.17, 15) is 0 Å². The van der Waals surface area contributed by atoms with Crippen molar-refractivity contribution < 1.29 is 9.47 Å². The first kappa shape index (κ1) is 14.3. The molecule has 0 amide bonds. The molecule has 0 unspecified atom stereocenters. The molecule has 0 bridgehead atoms. The lowest BCUT2D eigenvalue weighted by molar-refractivity contribution is -0.136. The number of hydrogen-bond acceptors (Lipinski definition) is 5. The van der Waals surface area contributed by atoms with E-state index in [1.165, 1.54) is 0 Å². The molecular formula is C12H20N2O2S. The highest BCUT2D eigenvalue weighted by Gasteiger charge is 2.07. The molecule has 0 aliphatic heterocycles. The van der Waals surface area contributed by atoms with E-state index in [2.05, 4.69) is 4.98 Å². The van der Waals surface area contributed by atoms with Gasteiger partial charge < -0.3 is 15.2 Å². The lowest BCUT2D eigenvalue weighted by Crippen LogP contribution is -2.18. The van der Waals surface area contributed by atoms with Crippen molar-refractivity contribution in [3.05, 3.63) is 18.3 Å². The van der Waals surface area contributed by atoms with Gasteiger partial charge in [-0.15, -0.1) is 11.8 Å². The monoisotopic (exact) mass is 256 g/mol. The summed E-state index contributed by atoms with van der Waals surface area (Å²) in [7, 11) is 0. The number of rotatable bonds is 8. The molecule has 1 aromatic rings. The summed E-state index contributed by atoms with van der Waals surface area (Å²) in [5.41, 5.74) is 6.26. The van der Waals surface area contributed by atoms with Crippen LogP contribution in [0.25, 0.3) is 0 Å². The van der Waals surface area contributed by atoms with E-state index in [1.54, 1.807) is 18.0 Å². The Balaban J connectivity index is 2.27.